The van der Waals surface area contributed by atoms with Crippen LogP contribution >= 0.6 is 15.9 Å². The molecule has 1 aromatic rings. The Morgan fingerprint density at radius 1 is 1.25 bits per heavy atom. The Labute approximate surface area is 104 Å². The second-order valence-electron chi connectivity index (χ2n) is 3.66. The number of likely N-dealkylation sites (N-methyl/N-ethyl adjacent to an activating group) is 1. The monoisotopic (exact) mass is 283 g/mol. The molecule has 0 N–H and O–H groups in total. The smallest absolute Gasteiger partial charge is 0.289 e. The van der Waals surface area contributed by atoms with Crippen LogP contribution in [-0.2, 0) is 16.0 Å². The van der Waals surface area contributed by atoms with Crippen molar-refractivity contribution < 1.29 is 9.59 Å². The van der Waals surface area contributed by atoms with Crippen LogP contribution in [0.1, 0.15) is 12.5 Å². The largest absolute Gasteiger partial charge is 0.339 e. The van der Waals surface area contributed by atoms with Gasteiger partial charge in [-0.25, -0.2) is 0 Å². The van der Waals surface area contributed by atoms with Crippen LogP contribution in [0.2, 0.25) is 0 Å². The lowest BCUT2D eigenvalue weighted by atomic mass is 10.1. The highest BCUT2D eigenvalue weighted by Gasteiger charge is 2.12. The van der Waals surface area contributed by atoms with Crippen LogP contribution in [-0.4, -0.2) is 30.2 Å². The van der Waals surface area contributed by atoms with Gasteiger partial charge in [-0.15, -0.1) is 0 Å². The van der Waals surface area contributed by atoms with E-state index in [-0.39, 0.29) is 0 Å². The average molecular weight is 284 g/mol. The normalized spacial score (nSPS) is 9.94. The number of hydrogen-bond donors (Lipinski definition) is 0. The van der Waals surface area contributed by atoms with Crippen molar-refractivity contribution in [2.75, 3.05) is 13.6 Å². The molecule has 0 aliphatic carbocycles. The molecule has 1 rings (SSSR count). The third-order valence-corrected chi connectivity index (χ3v) is 2.83. The average Bonchev–Trinajstić information content (AvgIpc) is 2.26. The molecule has 0 aliphatic heterocycles. The van der Waals surface area contributed by atoms with Gasteiger partial charge in [-0.1, -0.05) is 28.1 Å². The summed E-state index contributed by atoms with van der Waals surface area (Å²) in [6.45, 7) is 1.85. The molecule has 1 amide bonds. The highest BCUT2D eigenvalue weighted by molar-refractivity contribution is 9.10. The van der Waals surface area contributed by atoms with Gasteiger partial charge in [0.05, 0.1) is 0 Å². The van der Waals surface area contributed by atoms with E-state index in [1.807, 2.05) is 24.3 Å². The second kappa shape index (κ2) is 5.80. The van der Waals surface area contributed by atoms with Crippen molar-refractivity contribution in [2.45, 2.75) is 13.3 Å². The second-order valence-corrected chi connectivity index (χ2v) is 4.58. The van der Waals surface area contributed by atoms with Gasteiger partial charge in [-0.3, -0.25) is 9.59 Å². The van der Waals surface area contributed by atoms with Gasteiger partial charge in [0.25, 0.3) is 5.91 Å². The van der Waals surface area contributed by atoms with Crippen LogP contribution < -0.4 is 0 Å². The van der Waals surface area contributed by atoms with Crippen LogP contribution in [0.4, 0.5) is 0 Å². The third-order valence-electron chi connectivity index (χ3n) is 2.30. The summed E-state index contributed by atoms with van der Waals surface area (Å²) in [7, 11) is 1.64. The van der Waals surface area contributed by atoms with E-state index in [4.69, 9.17) is 0 Å². The Balaban J connectivity index is 2.48. The van der Waals surface area contributed by atoms with E-state index in [2.05, 4.69) is 15.9 Å². The zero-order valence-corrected chi connectivity index (χ0v) is 11.0. The summed E-state index contributed by atoms with van der Waals surface area (Å²) in [6, 6.07) is 7.91. The summed E-state index contributed by atoms with van der Waals surface area (Å²) < 4.78 is 1.03. The number of hydrogen-bond acceptors (Lipinski definition) is 2. The van der Waals surface area contributed by atoms with Gasteiger partial charge in [-0.2, -0.15) is 0 Å². The first kappa shape index (κ1) is 12.9. The number of nitrogens with zero attached hydrogens (tertiary/aromatic N) is 1. The fourth-order valence-corrected chi connectivity index (χ4v) is 1.58. The number of carbonyl (C=O) groups excluding carboxylic acids is 2. The molecule has 0 unspecified atom stereocenters. The Bertz CT molecular complexity index is 387. The zero-order valence-electron chi connectivity index (χ0n) is 9.37. The van der Waals surface area contributed by atoms with Crippen molar-refractivity contribution >= 4 is 27.6 Å². The summed E-state index contributed by atoms with van der Waals surface area (Å²) in [5.41, 5.74) is 1.14. The van der Waals surface area contributed by atoms with E-state index in [0.29, 0.717) is 6.54 Å². The molecular formula is C12H14BrNO2. The maximum atomic E-state index is 11.3. The number of benzene rings is 1. The minimum absolute atomic E-state index is 0.418. The first-order valence-corrected chi connectivity index (χ1v) is 5.80. The van der Waals surface area contributed by atoms with Gasteiger partial charge in [0.15, 0.2) is 0 Å². The van der Waals surface area contributed by atoms with Crippen molar-refractivity contribution in [1.82, 2.24) is 4.90 Å². The van der Waals surface area contributed by atoms with Crippen LogP contribution in [0.25, 0.3) is 0 Å². The van der Waals surface area contributed by atoms with Crippen molar-refractivity contribution in [3.05, 3.63) is 34.3 Å². The van der Waals surface area contributed by atoms with E-state index in [1.165, 1.54) is 11.8 Å². The number of halogens is 1. The highest BCUT2D eigenvalue weighted by atomic mass is 79.9. The molecule has 0 atom stereocenters. The van der Waals surface area contributed by atoms with Crippen molar-refractivity contribution in [2.24, 2.45) is 0 Å². The summed E-state index contributed by atoms with van der Waals surface area (Å²) in [6.07, 6.45) is 0.753. The number of Topliss-reactive ketones (excluding diaryl/α,β-unsaturated/α-hetero) is 1. The molecule has 0 fully saturated rings. The third kappa shape index (κ3) is 3.77. The fourth-order valence-electron chi connectivity index (χ4n) is 1.32. The fraction of sp³-hybridized carbons (Fsp3) is 0.333. The Hall–Kier alpha value is -1.16. The molecule has 0 aromatic heterocycles. The zero-order chi connectivity index (χ0) is 12.1. The van der Waals surface area contributed by atoms with Gasteiger partial charge < -0.3 is 4.90 Å². The number of rotatable bonds is 4. The van der Waals surface area contributed by atoms with E-state index >= 15 is 0 Å². The summed E-state index contributed by atoms with van der Waals surface area (Å²) in [5, 5.41) is 0. The lowest BCUT2D eigenvalue weighted by molar-refractivity contribution is -0.142. The maximum Gasteiger partial charge on any atom is 0.289 e. The predicted molar refractivity (Wildman–Crippen MR) is 66.2 cm³/mol. The van der Waals surface area contributed by atoms with Crippen LogP contribution in [0.15, 0.2) is 28.7 Å². The molecular weight excluding hydrogens is 270 g/mol. The minimum atomic E-state index is -0.433. The van der Waals surface area contributed by atoms with Crippen molar-refractivity contribution in [1.29, 1.82) is 0 Å². The van der Waals surface area contributed by atoms with Gasteiger partial charge in [0.1, 0.15) is 0 Å². The maximum absolute atomic E-state index is 11.3. The first-order chi connectivity index (χ1) is 7.50. The standard InChI is InChI=1S/C12H14BrNO2/c1-9(15)12(16)14(2)8-7-10-3-5-11(13)6-4-10/h3-6H,7-8H2,1-2H3. The molecule has 1 aromatic carbocycles. The van der Waals surface area contributed by atoms with Gasteiger partial charge in [0.2, 0.25) is 5.78 Å². The lowest BCUT2D eigenvalue weighted by Crippen LogP contribution is -2.33. The van der Waals surface area contributed by atoms with E-state index < -0.39 is 11.7 Å². The molecule has 0 saturated carbocycles. The molecule has 0 radical (unpaired) electrons. The van der Waals surface area contributed by atoms with E-state index in [1.54, 1.807) is 7.05 Å². The van der Waals surface area contributed by atoms with E-state index in [9.17, 15) is 9.59 Å². The summed E-state index contributed by atoms with van der Waals surface area (Å²) in [5.74, 6) is -0.851. The molecule has 0 heterocycles. The Morgan fingerprint density at radius 2 is 1.81 bits per heavy atom. The molecule has 0 saturated heterocycles. The number of ketones is 1. The summed E-state index contributed by atoms with van der Waals surface area (Å²) >= 11 is 3.36. The van der Waals surface area contributed by atoms with Crippen molar-refractivity contribution in [3.8, 4) is 0 Å². The topological polar surface area (TPSA) is 37.4 Å². The number of amides is 1. The molecule has 86 valence electrons. The predicted octanol–water partition coefficient (Wildman–Crippen LogP) is 2.04. The lowest BCUT2D eigenvalue weighted by Gasteiger charge is -2.15. The van der Waals surface area contributed by atoms with Crippen LogP contribution in [0.3, 0.4) is 0 Å². The van der Waals surface area contributed by atoms with Crippen molar-refractivity contribution in [3.63, 3.8) is 0 Å². The van der Waals surface area contributed by atoms with Gasteiger partial charge in [-0.05, 0) is 24.1 Å². The van der Waals surface area contributed by atoms with Crippen LogP contribution in [0, 0.1) is 0 Å². The first-order valence-electron chi connectivity index (χ1n) is 5.01. The molecule has 0 spiro atoms. The molecule has 4 heteroatoms. The molecule has 0 aliphatic rings. The Kier molecular flexibility index (Phi) is 4.68. The van der Waals surface area contributed by atoms with Gasteiger partial charge in [0, 0.05) is 25.0 Å². The number of carbonyl (C=O) groups is 2. The molecule has 0 bridgehead atoms. The molecule has 16 heavy (non-hydrogen) atoms. The van der Waals surface area contributed by atoms with E-state index in [0.717, 1.165) is 16.5 Å². The quantitative estimate of drug-likeness (QED) is 0.793. The van der Waals surface area contributed by atoms with Gasteiger partial charge >= 0.3 is 0 Å². The Morgan fingerprint density at radius 3 is 2.31 bits per heavy atom. The summed E-state index contributed by atoms with van der Waals surface area (Å²) in [4.78, 5) is 23.6. The highest BCUT2D eigenvalue weighted by Crippen LogP contribution is 2.11. The molecule has 3 nitrogen and oxygen atoms in total. The minimum Gasteiger partial charge on any atom is -0.339 e. The SMILES string of the molecule is CC(=O)C(=O)N(C)CCc1ccc(Br)cc1. The van der Waals surface area contributed by atoms with Crippen LogP contribution in [0.5, 0.6) is 0 Å².